The Hall–Kier alpha value is -2.32. The molecule has 0 aliphatic heterocycles. The summed E-state index contributed by atoms with van der Waals surface area (Å²) in [7, 11) is 4.13. The van der Waals surface area contributed by atoms with Crippen molar-refractivity contribution in [1.82, 2.24) is 4.90 Å². The number of hydrogen-bond acceptors (Lipinski definition) is 2. The fourth-order valence-corrected chi connectivity index (χ4v) is 2.74. The van der Waals surface area contributed by atoms with Crippen LogP contribution < -0.4 is 4.74 Å². The molecule has 0 aliphatic rings. The summed E-state index contributed by atoms with van der Waals surface area (Å²) in [5.41, 5.74) is 2.55. The molecule has 23 heavy (non-hydrogen) atoms. The molecular weight excluding hydrogens is 282 g/mol. The maximum atomic E-state index is 6.19. The minimum Gasteiger partial charge on any atom is -0.491 e. The Balaban J connectivity index is 1.95. The van der Waals surface area contributed by atoms with E-state index in [0.29, 0.717) is 6.61 Å². The predicted molar refractivity (Wildman–Crippen MR) is 97.2 cm³/mol. The van der Waals surface area contributed by atoms with Gasteiger partial charge >= 0.3 is 0 Å². The molecular formula is C21H23NO. The number of hydrogen-bond donors (Lipinski definition) is 0. The highest BCUT2D eigenvalue weighted by atomic mass is 16.5. The van der Waals surface area contributed by atoms with Gasteiger partial charge in [0, 0.05) is 18.4 Å². The largest absolute Gasteiger partial charge is 0.491 e. The smallest absolute Gasteiger partial charge is 0.130 e. The highest BCUT2D eigenvalue weighted by Gasteiger charge is 2.10. The first-order valence-electron chi connectivity index (χ1n) is 8.06. The van der Waals surface area contributed by atoms with Gasteiger partial charge in [-0.3, -0.25) is 0 Å². The Bertz CT molecular complexity index is 765. The number of benzene rings is 3. The van der Waals surface area contributed by atoms with Gasteiger partial charge in [-0.1, -0.05) is 66.7 Å². The van der Waals surface area contributed by atoms with E-state index < -0.39 is 0 Å². The van der Waals surface area contributed by atoms with Gasteiger partial charge < -0.3 is 9.64 Å². The summed E-state index contributed by atoms with van der Waals surface area (Å²) in [6.07, 6.45) is 0.892. The number of likely N-dealkylation sites (N-methyl/N-ethyl adjacent to an activating group) is 1. The molecule has 3 rings (SSSR count). The van der Waals surface area contributed by atoms with Crippen LogP contribution in [-0.4, -0.2) is 32.1 Å². The summed E-state index contributed by atoms with van der Waals surface area (Å²) in [5.74, 6) is 1.02. The zero-order valence-electron chi connectivity index (χ0n) is 13.8. The Kier molecular flexibility index (Phi) is 4.94. The van der Waals surface area contributed by atoms with Crippen molar-refractivity contribution >= 4 is 10.8 Å². The SMILES string of the molecule is CN(C)CCOc1c(Cc2ccccc2)ccc2ccccc12. The van der Waals surface area contributed by atoms with Crippen molar-refractivity contribution in [3.05, 3.63) is 77.9 Å². The summed E-state index contributed by atoms with van der Waals surface area (Å²) in [4.78, 5) is 2.14. The first-order valence-corrected chi connectivity index (χ1v) is 8.06. The van der Waals surface area contributed by atoms with Crippen LogP contribution in [0.1, 0.15) is 11.1 Å². The fraction of sp³-hybridized carbons (Fsp3) is 0.238. The number of rotatable bonds is 6. The number of ether oxygens (including phenoxy) is 1. The van der Waals surface area contributed by atoms with E-state index in [1.165, 1.54) is 21.9 Å². The van der Waals surface area contributed by atoms with Crippen LogP contribution >= 0.6 is 0 Å². The van der Waals surface area contributed by atoms with Crippen molar-refractivity contribution < 1.29 is 4.74 Å². The molecule has 0 bridgehead atoms. The second kappa shape index (κ2) is 7.30. The predicted octanol–water partition coefficient (Wildman–Crippen LogP) is 4.37. The van der Waals surface area contributed by atoms with E-state index in [4.69, 9.17) is 4.74 Å². The van der Waals surface area contributed by atoms with Crippen LogP contribution in [0.4, 0.5) is 0 Å². The van der Waals surface area contributed by atoms with E-state index in [0.717, 1.165) is 18.7 Å². The number of nitrogens with zero attached hydrogens (tertiary/aromatic N) is 1. The lowest BCUT2D eigenvalue weighted by molar-refractivity contribution is 0.262. The molecule has 0 amide bonds. The van der Waals surface area contributed by atoms with Crippen molar-refractivity contribution in [2.24, 2.45) is 0 Å². The molecule has 3 aromatic rings. The summed E-state index contributed by atoms with van der Waals surface area (Å²) >= 11 is 0. The lowest BCUT2D eigenvalue weighted by atomic mass is 9.99. The third kappa shape index (κ3) is 3.91. The van der Waals surface area contributed by atoms with Gasteiger partial charge in [0.15, 0.2) is 0 Å². The topological polar surface area (TPSA) is 12.5 Å². The van der Waals surface area contributed by atoms with Gasteiger partial charge in [-0.2, -0.15) is 0 Å². The molecule has 0 spiro atoms. The quantitative estimate of drug-likeness (QED) is 0.670. The Morgan fingerprint density at radius 1 is 0.826 bits per heavy atom. The van der Waals surface area contributed by atoms with Gasteiger partial charge in [0.05, 0.1) is 0 Å². The Labute approximate surface area is 138 Å². The van der Waals surface area contributed by atoms with E-state index >= 15 is 0 Å². The summed E-state index contributed by atoms with van der Waals surface area (Å²) in [6.45, 7) is 1.61. The maximum Gasteiger partial charge on any atom is 0.130 e. The molecule has 0 atom stereocenters. The molecule has 2 heteroatoms. The van der Waals surface area contributed by atoms with Crippen molar-refractivity contribution in [3.8, 4) is 5.75 Å². The van der Waals surface area contributed by atoms with Crippen LogP contribution in [0.2, 0.25) is 0 Å². The van der Waals surface area contributed by atoms with Crippen LogP contribution in [0.3, 0.4) is 0 Å². The minimum absolute atomic E-state index is 0.697. The third-order valence-electron chi connectivity index (χ3n) is 3.98. The van der Waals surface area contributed by atoms with Crippen molar-refractivity contribution in [1.29, 1.82) is 0 Å². The van der Waals surface area contributed by atoms with E-state index in [2.05, 4.69) is 85.7 Å². The first-order chi connectivity index (χ1) is 11.2. The van der Waals surface area contributed by atoms with Gasteiger partial charge in [0.25, 0.3) is 0 Å². The molecule has 0 N–H and O–H groups in total. The monoisotopic (exact) mass is 305 g/mol. The first kappa shape index (κ1) is 15.6. The molecule has 0 heterocycles. The molecule has 0 aromatic heterocycles. The molecule has 0 radical (unpaired) electrons. The molecule has 0 aliphatic carbocycles. The Morgan fingerprint density at radius 2 is 1.57 bits per heavy atom. The molecule has 0 unspecified atom stereocenters. The third-order valence-corrected chi connectivity index (χ3v) is 3.98. The molecule has 3 aromatic carbocycles. The second-order valence-electron chi connectivity index (χ2n) is 6.09. The normalized spacial score (nSPS) is 11.1. The van der Waals surface area contributed by atoms with Gasteiger partial charge in [-0.25, -0.2) is 0 Å². The number of fused-ring (bicyclic) bond motifs is 1. The van der Waals surface area contributed by atoms with E-state index in [1.54, 1.807) is 0 Å². The van der Waals surface area contributed by atoms with Crippen molar-refractivity contribution in [3.63, 3.8) is 0 Å². The summed E-state index contributed by atoms with van der Waals surface area (Å²) < 4.78 is 6.19. The van der Waals surface area contributed by atoms with Crippen molar-refractivity contribution in [2.45, 2.75) is 6.42 Å². The lowest BCUT2D eigenvalue weighted by Crippen LogP contribution is -2.19. The zero-order valence-corrected chi connectivity index (χ0v) is 13.8. The summed E-state index contributed by atoms with van der Waals surface area (Å²) in [6, 6.07) is 23.4. The fourth-order valence-electron chi connectivity index (χ4n) is 2.74. The van der Waals surface area contributed by atoms with Gasteiger partial charge in [0.2, 0.25) is 0 Å². The minimum atomic E-state index is 0.697. The maximum absolute atomic E-state index is 6.19. The molecule has 0 saturated carbocycles. The van der Waals surface area contributed by atoms with Crippen LogP contribution in [0, 0.1) is 0 Å². The second-order valence-corrected chi connectivity index (χ2v) is 6.09. The van der Waals surface area contributed by atoms with Crippen molar-refractivity contribution in [2.75, 3.05) is 27.2 Å². The Morgan fingerprint density at radius 3 is 2.35 bits per heavy atom. The average Bonchev–Trinajstić information content (AvgIpc) is 2.57. The van der Waals surface area contributed by atoms with Gasteiger partial charge in [-0.15, -0.1) is 0 Å². The van der Waals surface area contributed by atoms with Crippen LogP contribution in [-0.2, 0) is 6.42 Å². The van der Waals surface area contributed by atoms with Crippen LogP contribution in [0.5, 0.6) is 5.75 Å². The van der Waals surface area contributed by atoms with Gasteiger partial charge in [0.1, 0.15) is 12.4 Å². The molecule has 118 valence electrons. The molecule has 2 nitrogen and oxygen atoms in total. The molecule has 0 fully saturated rings. The standard InChI is InChI=1S/C21H23NO/c1-22(2)14-15-23-21-19(16-17-8-4-3-5-9-17)13-12-18-10-6-7-11-20(18)21/h3-13H,14-16H2,1-2H3. The summed E-state index contributed by atoms with van der Waals surface area (Å²) in [5, 5.41) is 2.42. The van der Waals surface area contributed by atoms with E-state index in [1.807, 2.05) is 0 Å². The zero-order chi connectivity index (χ0) is 16.1. The van der Waals surface area contributed by atoms with Crippen LogP contribution in [0.15, 0.2) is 66.7 Å². The highest BCUT2D eigenvalue weighted by Crippen LogP contribution is 2.31. The van der Waals surface area contributed by atoms with Crippen LogP contribution in [0.25, 0.3) is 10.8 Å². The highest BCUT2D eigenvalue weighted by molar-refractivity contribution is 5.89. The van der Waals surface area contributed by atoms with E-state index in [-0.39, 0.29) is 0 Å². The lowest BCUT2D eigenvalue weighted by Gasteiger charge is -2.16. The average molecular weight is 305 g/mol. The van der Waals surface area contributed by atoms with Gasteiger partial charge in [-0.05, 0) is 30.6 Å². The molecule has 0 saturated heterocycles. The van der Waals surface area contributed by atoms with E-state index in [9.17, 15) is 0 Å².